The van der Waals surface area contributed by atoms with E-state index in [1.165, 1.54) is 0 Å². The van der Waals surface area contributed by atoms with Crippen LogP contribution < -0.4 is 5.32 Å². The van der Waals surface area contributed by atoms with E-state index in [0.717, 1.165) is 19.4 Å². The largest absolute Gasteiger partial charge is 0.391 e. The molecule has 2 rings (SSSR count). The van der Waals surface area contributed by atoms with E-state index in [1.807, 2.05) is 0 Å². The van der Waals surface area contributed by atoms with Gasteiger partial charge in [0.15, 0.2) is 9.84 Å². The summed E-state index contributed by atoms with van der Waals surface area (Å²) in [4.78, 5) is 0. The second-order valence-corrected chi connectivity index (χ2v) is 6.27. The van der Waals surface area contributed by atoms with Gasteiger partial charge in [-0.25, -0.2) is 8.42 Å². The Balaban J connectivity index is 0.000000980. The summed E-state index contributed by atoms with van der Waals surface area (Å²) < 4.78 is 22.6. The predicted molar refractivity (Wildman–Crippen MR) is 56.5 cm³/mol. The number of aliphatic hydroxyl groups excluding tert-OH is 1. The van der Waals surface area contributed by atoms with Crippen LogP contribution in [0.5, 0.6) is 0 Å². The van der Waals surface area contributed by atoms with Crippen LogP contribution in [0.3, 0.4) is 0 Å². The number of nitrogens with one attached hydrogen (secondary N) is 1. The molecule has 14 heavy (non-hydrogen) atoms. The Morgan fingerprint density at radius 2 is 2.14 bits per heavy atom. The molecule has 0 aromatic carbocycles. The van der Waals surface area contributed by atoms with Gasteiger partial charge in [0.1, 0.15) is 0 Å². The minimum Gasteiger partial charge on any atom is -0.391 e. The maximum Gasteiger partial charge on any atom is 0.152 e. The van der Waals surface area contributed by atoms with Crippen molar-refractivity contribution in [3.05, 3.63) is 0 Å². The predicted octanol–water partition coefficient (Wildman–Crippen LogP) is -0.290. The first-order valence-electron chi connectivity index (χ1n) is 4.68. The Morgan fingerprint density at radius 3 is 2.64 bits per heavy atom. The van der Waals surface area contributed by atoms with Crippen molar-refractivity contribution in [1.29, 1.82) is 0 Å². The highest BCUT2D eigenvalue weighted by atomic mass is 35.5. The van der Waals surface area contributed by atoms with E-state index in [4.69, 9.17) is 0 Å². The average molecular weight is 242 g/mol. The van der Waals surface area contributed by atoms with Gasteiger partial charge in [0.25, 0.3) is 0 Å². The molecule has 0 saturated carbocycles. The summed E-state index contributed by atoms with van der Waals surface area (Å²) in [7, 11) is -2.91. The Hall–Kier alpha value is 0.160. The highest BCUT2D eigenvalue weighted by Crippen LogP contribution is 2.31. The molecule has 0 amide bonds. The summed E-state index contributed by atoms with van der Waals surface area (Å²) in [6.45, 7) is 0.826. The Bertz CT molecular complexity index is 306. The van der Waals surface area contributed by atoms with Crippen LogP contribution in [0.2, 0.25) is 0 Å². The number of piperidine rings is 1. The Kier molecular flexibility index (Phi) is 3.46. The molecule has 4 nitrogen and oxygen atoms in total. The molecule has 6 heteroatoms. The second-order valence-electron chi connectivity index (χ2n) is 4.08. The molecule has 2 N–H and O–H groups in total. The summed E-state index contributed by atoms with van der Waals surface area (Å²) in [6.07, 6.45) is 1.74. The number of aliphatic hydroxyl groups is 1. The lowest BCUT2D eigenvalue weighted by Gasteiger charge is -2.38. The lowest BCUT2D eigenvalue weighted by atomic mass is 9.85. The lowest BCUT2D eigenvalue weighted by Crippen LogP contribution is -2.58. The van der Waals surface area contributed by atoms with Crippen LogP contribution in [0.4, 0.5) is 0 Å². The van der Waals surface area contributed by atoms with Gasteiger partial charge in [0.2, 0.25) is 0 Å². The van der Waals surface area contributed by atoms with Gasteiger partial charge in [-0.15, -0.1) is 12.4 Å². The zero-order valence-corrected chi connectivity index (χ0v) is 9.53. The molecule has 0 aromatic rings. The lowest BCUT2D eigenvalue weighted by molar-refractivity contribution is 0.0445. The number of sulfone groups is 1. The monoisotopic (exact) mass is 241 g/mol. The van der Waals surface area contributed by atoms with Gasteiger partial charge in [-0.2, -0.15) is 0 Å². The molecule has 2 fully saturated rings. The molecule has 0 radical (unpaired) electrons. The van der Waals surface area contributed by atoms with Gasteiger partial charge in [0, 0.05) is 0 Å². The summed E-state index contributed by atoms with van der Waals surface area (Å²) in [5.41, 5.74) is -0.517. The molecular formula is C8H16ClNO3S. The topological polar surface area (TPSA) is 66.4 Å². The molecule has 2 saturated heterocycles. The molecular weight excluding hydrogens is 226 g/mol. The van der Waals surface area contributed by atoms with Crippen molar-refractivity contribution in [3.63, 3.8) is 0 Å². The highest BCUT2D eigenvalue weighted by molar-refractivity contribution is 7.91. The standard InChI is InChI=1S/C8H15NO3S.ClH/c10-7-2-1-4-9-8(7)3-5-13(11,12)6-8;/h7,9-10H,1-6H2;1H. The summed E-state index contributed by atoms with van der Waals surface area (Å²) in [5.74, 6) is 0.332. The van der Waals surface area contributed by atoms with Gasteiger partial charge < -0.3 is 10.4 Å². The van der Waals surface area contributed by atoms with Gasteiger partial charge in [-0.3, -0.25) is 0 Å². The zero-order valence-electron chi connectivity index (χ0n) is 7.90. The summed E-state index contributed by atoms with van der Waals surface area (Å²) in [5, 5.41) is 12.9. The third kappa shape index (κ3) is 2.05. The fraction of sp³-hybridized carbons (Fsp3) is 1.00. The maximum atomic E-state index is 11.3. The molecule has 2 atom stereocenters. The first-order valence-corrected chi connectivity index (χ1v) is 6.50. The van der Waals surface area contributed by atoms with Crippen LogP contribution in [0.15, 0.2) is 0 Å². The van der Waals surface area contributed by atoms with Crippen molar-refractivity contribution in [3.8, 4) is 0 Å². The molecule has 84 valence electrons. The van der Waals surface area contributed by atoms with Crippen molar-refractivity contribution >= 4 is 22.2 Å². The van der Waals surface area contributed by atoms with Gasteiger partial charge in [0.05, 0.1) is 23.1 Å². The molecule has 0 bridgehead atoms. The van der Waals surface area contributed by atoms with Crippen molar-refractivity contribution in [2.24, 2.45) is 0 Å². The number of rotatable bonds is 0. The van der Waals surface area contributed by atoms with E-state index >= 15 is 0 Å². The molecule has 2 aliphatic rings. The normalized spacial score (nSPS) is 40.8. The molecule has 0 aliphatic carbocycles. The molecule has 2 heterocycles. The second kappa shape index (κ2) is 3.96. The third-order valence-corrected chi connectivity index (χ3v) is 4.89. The van der Waals surface area contributed by atoms with E-state index in [0.29, 0.717) is 6.42 Å². The molecule has 1 spiro atoms. The zero-order chi connectivity index (χ0) is 9.53. The Morgan fingerprint density at radius 1 is 1.43 bits per heavy atom. The van der Waals surface area contributed by atoms with Crippen LogP contribution in [0.25, 0.3) is 0 Å². The number of hydrogen-bond donors (Lipinski definition) is 2. The van der Waals surface area contributed by atoms with E-state index in [9.17, 15) is 13.5 Å². The van der Waals surface area contributed by atoms with Crippen LogP contribution >= 0.6 is 12.4 Å². The van der Waals surface area contributed by atoms with Crippen LogP contribution in [-0.2, 0) is 9.84 Å². The van der Waals surface area contributed by atoms with Crippen molar-refractivity contribution < 1.29 is 13.5 Å². The van der Waals surface area contributed by atoms with Crippen LogP contribution in [-0.4, -0.2) is 43.2 Å². The van der Waals surface area contributed by atoms with E-state index in [-0.39, 0.29) is 23.9 Å². The van der Waals surface area contributed by atoms with Crippen molar-refractivity contribution in [1.82, 2.24) is 5.32 Å². The molecule has 2 aliphatic heterocycles. The van der Waals surface area contributed by atoms with Crippen molar-refractivity contribution in [2.45, 2.75) is 30.9 Å². The fourth-order valence-corrected chi connectivity index (χ4v) is 4.35. The van der Waals surface area contributed by atoms with Crippen LogP contribution in [0, 0.1) is 0 Å². The van der Waals surface area contributed by atoms with E-state index in [1.54, 1.807) is 0 Å². The van der Waals surface area contributed by atoms with Crippen molar-refractivity contribution in [2.75, 3.05) is 18.1 Å². The third-order valence-electron chi connectivity index (χ3n) is 3.11. The van der Waals surface area contributed by atoms with Gasteiger partial charge in [-0.1, -0.05) is 0 Å². The molecule has 2 unspecified atom stereocenters. The highest BCUT2D eigenvalue weighted by Gasteiger charge is 2.48. The number of hydrogen-bond acceptors (Lipinski definition) is 4. The quantitative estimate of drug-likeness (QED) is 0.612. The Labute approximate surface area is 90.4 Å². The number of halogens is 1. The van der Waals surface area contributed by atoms with Gasteiger partial charge in [-0.05, 0) is 25.8 Å². The van der Waals surface area contributed by atoms with E-state index in [2.05, 4.69) is 5.32 Å². The smallest absolute Gasteiger partial charge is 0.152 e. The molecule has 0 aromatic heterocycles. The maximum absolute atomic E-state index is 11.3. The SMILES string of the molecule is Cl.O=S1(=O)CCC2(C1)NCCCC2O. The minimum atomic E-state index is -2.91. The van der Waals surface area contributed by atoms with Gasteiger partial charge >= 0.3 is 0 Å². The first kappa shape index (κ1) is 12.2. The minimum absolute atomic E-state index is 0. The van der Waals surface area contributed by atoms with E-state index < -0.39 is 21.5 Å². The first-order chi connectivity index (χ1) is 6.04. The van der Waals surface area contributed by atoms with Crippen LogP contribution in [0.1, 0.15) is 19.3 Å². The summed E-state index contributed by atoms with van der Waals surface area (Å²) in [6, 6.07) is 0. The fourth-order valence-electron chi connectivity index (χ4n) is 2.30. The average Bonchev–Trinajstić information content (AvgIpc) is 2.35. The summed E-state index contributed by atoms with van der Waals surface area (Å²) >= 11 is 0.